The molecule has 1 atom stereocenters. The molecule has 19 heavy (non-hydrogen) atoms. The molecule has 0 radical (unpaired) electrons. The van der Waals surface area contributed by atoms with Crippen molar-refractivity contribution in [3.05, 3.63) is 34.9 Å². The summed E-state index contributed by atoms with van der Waals surface area (Å²) in [6, 6.07) is 7.13. The zero-order chi connectivity index (χ0) is 13.9. The highest BCUT2D eigenvalue weighted by molar-refractivity contribution is 5.32. The van der Waals surface area contributed by atoms with Crippen LogP contribution >= 0.6 is 0 Å². The number of hydrogen-bond donors (Lipinski definition) is 1. The molecule has 1 aromatic rings. The number of ether oxygens (including phenoxy) is 1. The van der Waals surface area contributed by atoms with Gasteiger partial charge in [0.1, 0.15) is 0 Å². The van der Waals surface area contributed by atoms with Crippen molar-refractivity contribution < 1.29 is 4.74 Å². The van der Waals surface area contributed by atoms with Gasteiger partial charge in [-0.1, -0.05) is 42.2 Å². The molecule has 0 heterocycles. The van der Waals surface area contributed by atoms with Gasteiger partial charge in [-0.2, -0.15) is 0 Å². The van der Waals surface area contributed by atoms with Crippen LogP contribution in [0.1, 0.15) is 55.3 Å². The summed E-state index contributed by atoms with van der Waals surface area (Å²) in [4.78, 5) is 0. The maximum atomic E-state index is 6.22. The van der Waals surface area contributed by atoms with Crippen LogP contribution in [0.15, 0.2) is 18.2 Å². The van der Waals surface area contributed by atoms with Gasteiger partial charge in [0.15, 0.2) is 0 Å². The quantitative estimate of drug-likeness (QED) is 0.867. The fraction of sp³-hybridized carbons (Fsp3) is 0.647. The largest absolute Gasteiger partial charge is 0.373 e. The van der Waals surface area contributed by atoms with E-state index in [1.54, 1.807) is 0 Å². The minimum absolute atomic E-state index is 0.0102. The summed E-state index contributed by atoms with van der Waals surface area (Å²) in [5, 5.41) is 3.52. The van der Waals surface area contributed by atoms with Gasteiger partial charge in [-0.05, 0) is 46.2 Å². The second kappa shape index (κ2) is 6.06. The lowest BCUT2D eigenvalue weighted by atomic mass is 9.85. The molecule has 1 N–H and O–H groups in total. The maximum Gasteiger partial charge on any atom is 0.0876 e. The van der Waals surface area contributed by atoms with E-state index in [0.29, 0.717) is 6.04 Å². The van der Waals surface area contributed by atoms with Crippen LogP contribution < -0.4 is 5.32 Å². The average molecular weight is 261 g/mol. The minimum Gasteiger partial charge on any atom is -0.373 e. The van der Waals surface area contributed by atoms with Crippen LogP contribution in [0.25, 0.3) is 0 Å². The lowest BCUT2D eigenvalue weighted by Crippen LogP contribution is -2.43. The Morgan fingerprint density at radius 1 is 1.16 bits per heavy atom. The Labute approximate surface area is 117 Å². The van der Waals surface area contributed by atoms with Crippen molar-refractivity contribution >= 4 is 0 Å². The van der Waals surface area contributed by atoms with E-state index in [1.165, 1.54) is 42.4 Å². The van der Waals surface area contributed by atoms with E-state index in [2.05, 4.69) is 51.3 Å². The molecular formula is C17H27NO. The van der Waals surface area contributed by atoms with Crippen LogP contribution in [0, 0.1) is 13.8 Å². The first-order chi connectivity index (χ1) is 9.11. The van der Waals surface area contributed by atoms with Crippen LogP contribution in [0.4, 0.5) is 0 Å². The Kier molecular flexibility index (Phi) is 4.64. The summed E-state index contributed by atoms with van der Waals surface area (Å²) >= 11 is 0. The highest BCUT2D eigenvalue weighted by Crippen LogP contribution is 2.43. The van der Waals surface area contributed by atoms with E-state index >= 15 is 0 Å². The van der Waals surface area contributed by atoms with E-state index in [0.717, 1.165) is 6.61 Å². The van der Waals surface area contributed by atoms with Crippen molar-refractivity contribution in [2.45, 2.75) is 58.1 Å². The zero-order valence-electron chi connectivity index (χ0n) is 12.8. The molecular weight excluding hydrogens is 234 g/mol. The molecule has 1 aliphatic rings. The van der Waals surface area contributed by atoms with E-state index in [1.807, 2.05) is 0 Å². The van der Waals surface area contributed by atoms with Gasteiger partial charge in [0, 0.05) is 6.61 Å². The summed E-state index contributed by atoms with van der Waals surface area (Å²) in [7, 11) is 2.06. The molecule has 1 aliphatic carbocycles. The van der Waals surface area contributed by atoms with Gasteiger partial charge in [-0.15, -0.1) is 0 Å². The fourth-order valence-electron chi connectivity index (χ4n) is 3.69. The van der Waals surface area contributed by atoms with E-state index in [9.17, 15) is 0 Å². The van der Waals surface area contributed by atoms with Crippen LogP contribution in [-0.4, -0.2) is 19.3 Å². The molecule has 2 nitrogen and oxygen atoms in total. The minimum atomic E-state index is -0.0102. The third-order valence-corrected chi connectivity index (χ3v) is 4.27. The molecule has 0 saturated heterocycles. The Morgan fingerprint density at radius 3 is 2.21 bits per heavy atom. The van der Waals surface area contributed by atoms with Crippen molar-refractivity contribution in [3.8, 4) is 0 Å². The molecule has 0 aliphatic heterocycles. The molecule has 2 rings (SSSR count). The normalized spacial score (nSPS) is 19.6. The molecule has 0 amide bonds. The monoisotopic (exact) mass is 261 g/mol. The third-order valence-electron chi connectivity index (χ3n) is 4.27. The fourth-order valence-corrected chi connectivity index (χ4v) is 3.69. The van der Waals surface area contributed by atoms with Gasteiger partial charge >= 0.3 is 0 Å². The summed E-state index contributed by atoms with van der Waals surface area (Å²) in [6.45, 7) is 7.24. The van der Waals surface area contributed by atoms with Crippen molar-refractivity contribution in [2.75, 3.05) is 13.7 Å². The van der Waals surface area contributed by atoms with Gasteiger partial charge in [0.2, 0.25) is 0 Å². The van der Waals surface area contributed by atoms with Gasteiger partial charge in [0.05, 0.1) is 11.6 Å². The van der Waals surface area contributed by atoms with Crippen molar-refractivity contribution in [1.29, 1.82) is 0 Å². The summed E-state index contributed by atoms with van der Waals surface area (Å²) in [5.74, 6) is 0. The molecule has 1 unspecified atom stereocenters. The smallest absolute Gasteiger partial charge is 0.0876 e. The van der Waals surface area contributed by atoms with Crippen LogP contribution in [0.3, 0.4) is 0 Å². The number of rotatable bonds is 5. The Balaban J connectivity index is 2.36. The molecule has 1 fully saturated rings. The first-order valence-electron chi connectivity index (χ1n) is 7.51. The highest BCUT2D eigenvalue weighted by Gasteiger charge is 2.42. The Bertz CT molecular complexity index is 401. The average Bonchev–Trinajstić information content (AvgIpc) is 2.78. The summed E-state index contributed by atoms with van der Waals surface area (Å²) < 4.78 is 6.22. The first kappa shape index (κ1) is 14.5. The van der Waals surface area contributed by atoms with E-state index in [4.69, 9.17) is 4.74 Å². The van der Waals surface area contributed by atoms with Crippen LogP contribution in [0.2, 0.25) is 0 Å². The first-order valence-corrected chi connectivity index (χ1v) is 7.51. The molecule has 0 spiro atoms. The molecule has 0 bridgehead atoms. The lowest BCUT2D eigenvalue weighted by Gasteiger charge is -2.38. The van der Waals surface area contributed by atoms with Crippen molar-refractivity contribution in [1.82, 2.24) is 5.32 Å². The van der Waals surface area contributed by atoms with Crippen molar-refractivity contribution in [2.24, 2.45) is 0 Å². The maximum absolute atomic E-state index is 6.22. The molecule has 1 aromatic carbocycles. The Hall–Kier alpha value is -0.860. The highest BCUT2D eigenvalue weighted by atomic mass is 16.5. The van der Waals surface area contributed by atoms with Crippen LogP contribution in [-0.2, 0) is 4.74 Å². The van der Waals surface area contributed by atoms with E-state index in [-0.39, 0.29) is 5.60 Å². The predicted molar refractivity (Wildman–Crippen MR) is 80.5 cm³/mol. The second-order valence-corrected chi connectivity index (χ2v) is 5.85. The molecule has 0 aromatic heterocycles. The van der Waals surface area contributed by atoms with Gasteiger partial charge in [0.25, 0.3) is 0 Å². The number of benzene rings is 1. The summed E-state index contributed by atoms with van der Waals surface area (Å²) in [6.07, 6.45) is 4.89. The molecule has 106 valence electrons. The van der Waals surface area contributed by atoms with E-state index < -0.39 is 0 Å². The van der Waals surface area contributed by atoms with Crippen molar-refractivity contribution in [3.63, 3.8) is 0 Å². The summed E-state index contributed by atoms with van der Waals surface area (Å²) in [5.41, 5.74) is 4.03. The lowest BCUT2D eigenvalue weighted by molar-refractivity contribution is -0.0610. The SMILES string of the molecule is CCOC1(C(NC)c2cc(C)cc(C)c2)CCCC1. The Morgan fingerprint density at radius 2 is 1.74 bits per heavy atom. The topological polar surface area (TPSA) is 21.3 Å². The zero-order valence-corrected chi connectivity index (χ0v) is 12.8. The number of likely N-dealkylation sites (N-methyl/N-ethyl adjacent to an activating group) is 1. The van der Waals surface area contributed by atoms with Gasteiger partial charge < -0.3 is 10.1 Å². The third kappa shape index (κ3) is 3.01. The number of nitrogens with one attached hydrogen (secondary N) is 1. The standard InChI is InChI=1S/C17H27NO/c1-5-19-17(8-6-7-9-17)16(18-4)15-11-13(2)10-14(3)12-15/h10-12,16,18H,5-9H2,1-4H3. The number of hydrogen-bond acceptors (Lipinski definition) is 2. The molecule has 2 heteroatoms. The number of aryl methyl sites for hydroxylation is 2. The van der Waals surface area contributed by atoms with Gasteiger partial charge in [-0.25, -0.2) is 0 Å². The van der Waals surface area contributed by atoms with Gasteiger partial charge in [-0.3, -0.25) is 0 Å². The second-order valence-electron chi connectivity index (χ2n) is 5.85. The molecule has 1 saturated carbocycles. The predicted octanol–water partition coefficient (Wildman–Crippen LogP) is 3.91. The van der Waals surface area contributed by atoms with Crippen LogP contribution in [0.5, 0.6) is 0 Å².